The number of primary amides is 1. The minimum atomic E-state index is -0.726. The molecule has 0 unspecified atom stereocenters. The van der Waals surface area contributed by atoms with Crippen LogP contribution in [0, 0.1) is 11.6 Å². The number of carbonyl (C=O) groups is 2. The molecule has 0 radical (unpaired) electrons. The molecule has 22 heavy (non-hydrogen) atoms. The van der Waals surface area contributed by atoms with Crippen molar-refractivity contribution in [3.05, 3.63) is 41.5 Å². The molecule has 1 fully saturated rings. The van der Waals surface area contributed by atoms with Gasteiger partial charge >= 0.3 is 0 Å². The first kappa shape index (κ1) is 16.1. The van der Waals surface area contributed by atoms with Gasteiger partial charge < -0.3 is 10.6 Å². The van der Waals surface area contributed by atoms with Crippen LogP contribution < -0.4 is 5.73 Å². The van der Waals surface area contributed by atoms with E-state index in [-0.39, 0.29) is 23.9 Å². The summed E-state index contributed by atoms with van der Waals surface area (Å²) in [7, 11) is 0. The van der Waals surface area contributed by atoms with Crippen molar-refractivity contribution in [1.82, 2.24) is 4.90 Å². The largest absolute Gasteiger partial charge is 0.370 e. The smallest absolute Gasteiger partial charge is 0.246 e. The van der Waals surface area contributed by atoms with Gasteiger partial charge in [-0.1, -0.05) is 6.07 Å². The molecule has 0 bridgehead atoms. The fraction of sp³-hybridized carbons (Fsp3) is 0.375. The van der Waals surface area contributed by atoms with E-state index >= 15 is 0 Å². The van der Waals surface area contributed by atoms with E-state index in [0.29, 0.717) is 13.0 Å². The molecule has 2 rings (SSSR count). The van der Waals surface area contributed by atoms with E-state index in [1.165, 1.54) is 6.07 Å². The first-order valence-corrected chi connectivity index (χ1v) is 7.20. The lowest BCUT2D eigenvalue weighted by molar-refractivity contribution is -0.130. The fourth-order valence-electron chi connectivity index (χ4n) is 2.66. The normalized spacial score (nSPS) is 18.6. The van der Waals surface area contributed by atoms with Crippen molar-refractivity contribution in [2.45, 2.75) is 31.7 Å². The molecule has 1 aromatic carbocycles. The molecule has 1 aliphatic rings. The van der Waals surface area contributed by atoms with Gasteiger partial charge in [-0.25, -0.2) is 8.78 Å². The predicted molar refractivity (Wildman–Crippen MR) is 78.6 cm³/mol. The number of hydrogen-bond donors (Lipinski definition) is 1. The van der Waals surface area contributed by atoms with Crippen LogP contribution in [0.1, 0.15) is 31.2 Å². The molecule has 1 aliphatic heterocycles. The van der Waals surface area contributed by atoms with Crippen LogP contribution in [0.2, 0.25) is 0 Å². The molecule has 0 aliphatic carbocycles. The average molecular weight is 308 g/mol. The monoisotopic (exact) mass is 308 g/mol. The van der Waals surface area contributed by atoms with Gasteiger partial charge in [0.25, 0.3) is 0 Å². The van der Waals surface area contributed by atoms with Crippen LogP contribution in [0.4, 0.5) is 8.78 Å². The van der Waals surface area contributed by atoms with Gasteiger partial charge in [0.2, 0.25) is 11.8 Å². The molecule has 0 saturated carbocycles. The molecule has 2 N–H and O–H groups in total. The number of nitrogens with two attached hydrogens (primary N) is 1. The van der Waals surface area contributed by atoms with Crippen LogP contribution in [0.25, 0.3) is 6.08 Å². The standard InChI is InChI=1S/C16H18F2N2O2/c17-13-5-3-6-14(18)12(13)7-8-16(22)20-9-2-1-4-11(20)10-15(19)21/h3,5-8,11H,1-2,4,9-10H2,(H2,19,21)/b8-7-/t11-/m1/s1. The maximum Gasteiger partial charge on any atom is 0.246 e. The summed E-state index contributed by atoms with van der Waals surface area (Å²) in [6, 6.07) is 3.28. The highest BCUT2D eigenvalue weighted by molar-refractivity contribution is 5.92. The molecule has 1 saturated heterocycles. The van der Waals surface area contributed by atoms with Crippen molar-refractivity contribution in [3.63, 3.8) is 0 Å². The zero-order chi connectivity index (χ0) is 16.1. The third-order valence-electron chi connectivity index (χ3n) is 3.74. The van der Waals surface area contributed by atoms with Crippen molar-refractivity contribution in [3.8, 4) is 0 Å². The molecular weight excluding hydrogens is 290 g/mol. The molecule has 0 aromatic heterocycles. The van der Waals surface area contributed by atoms with E-state index in [0.717, 1.165) is 37.1 Å². The second-order valence-electron chi connectivity index (χ2n) is 5.32. The van der Waals surface area contributed by atoms with Crippen LogP contribution in [0.5, 0.6) is 0 Å². The van der Waals surface area contributed by atoms with Crippen molar-refractivity contribution < 1.29 is 18.4 Å². The lowest BCUT2D eigenvalue weighted by Gasteiger charge is -2.34. The Morgan fingerprint density at radius 3 is 2.59 bits per heavy atom. The van der Waals surface area contributed by atoms with Crippen LogP contribution in [-0.4, -0.2) is 29.3 Å². The van der Waals surface area contributed by atoms with Gasteiger partial charge in [0.15, 0.2) is 0 Å². The van der Waals surface area contributed by atoms with Gasteiger partial charge in [0.05, 0.1) is 0 Å². The van der Waals surface area contributed by atoms with Crippen molar-refractivity contribution in [2.75, 3.05) is 6.54 Å². The third-order valence-corrected chi connectivity index (χ3v) is 3.74. The Bertz CT molecular complexity index is 582. The van der Waals surface area contributed by atoms with Crippen molar-refractivity contribution in [1.29, 1.82) is 0 Å². The second-order valence-corrected chi connectivity index (χ2v) is 5.32. The zero-order valence-electron chi connectivity index (χ0n) is 12.1. The number of halogens is 2. The molecule has 1 atom stereocenters. The summed E-state index contributed by atoms with van der Waals surface area (Å²) in [5.41, 5.74) is 4.95. The Hall–Kier alpha value is -2.24. The van der Waals surface area contributed by atoms with Gasteiger partial charge in [0, 0.05) is 30.6 Å². The molecule has 1 heterocycles. The summed E-state index contributed by atoms with van der Waals surface area (Å²) in [4.78, 5) is 24.8. The fourth-order valence-corrected chi connectivity index (χ4v) is 2.66. The first-order valence-electron chi connectivity index (χ1n) is 7.20. The van der Waals surface area contributed by atoms with Crippen LogP contribution in [-0.2, 0) is 9.59 Å². The Kier molecular flexibility index (Phi) is 5.25. The van der Waals surface area contributed by atoms with Gasteiger partial charge in [-0.05, 0) is 37.5 Å². The van der Waals surface area contributed by atoms with E-state index < -0.39 is 17.5 Å². The molecule has 118 valence electrons. The number of rotatable bonds is 4. The second kappa shape index (κ2) is 7.15. The minimum absolute atomic E-state index is 0.105. The molecule has 4 nitrogen and oxygen atoms in total. The number of hydrogen-bond acceptors (Lipinski definition) is 2. The summed E-state index contributed by atoms with van der Waals surface area (Å²) in [6.07, 6.45) is 4.84. The highest BCUT2D eigenvalue weighted by Gasteiger charge is 2.26. The number of amides is 2. The summed E-state index contributed by atoms with van der Waals surface area (Å²) in [5, 5.41) is 0. The number of piperidine rings is 1. The van der Waals surface area contributed by atoms with E-state index in [9.17, 15) is 18.4 Å². The Morgan fingerprint density at radius 1 is 1.27 bits per heavy atom. The van der Waals surface area contributed by atoms with Crippen LogP contribution in [0.3, 0.4) is 0 Å². The first-order chi connectivity index (χ1) is 10.5. The van der Waals surface area contributed by atoms with E-state index in [4.69, 9.17) is 5.73 Å². The lowest BCUT2D eigenvalue weighted by Crippen LogP contribution is -2.44. The zero-order valence-corrected chi connectivity index (χ0v) is 12.1. The van der Waals surface area contributed by atoms with Crippen molar-refractivity contribution >= 4 is 17.9 Å². The Balaban J connectivity index is 2.12. The van der Waals surface area contributed by atoms with Gasteiger partial charge in [0.1, 0.15) is 11.6 Å². The summed E-state index contributed by atoms with van der Waals surface area (Å²) < 4.78 is 27.0. The van der Waals surface area contributed by atoms with Gasteiger partial charge in [-0.3, -0.25) is 9.59 Å². The SMILES string of the molecule is NC(=O)C[C@H]1CCCCN1C(=O)/C=C\c1c(F)cccc1F. The number of likely N-dealkylation sites (tertiary alicyclic amines) is 1. The topological polar surface area (TPSA) is 63.4 Å². The predicted octanol–water partition coefficient (Wildman–Crippen LogP) is 2.23. The number of carbonyl (C=O) groups excluding carboxylic acids is 2. The van der Waals surface area contributed by atoms with E-state index in [1.54, 1.807) is 4.90 Å². The maximum atomic E-state index is 13.5. The highest BCUT2D eigenvalue weighted by atomic mass is 19.1. The van der Waals surface area contributed by atoms with Crippen LogP contribution in [0.15, 0.2) is 24.3 Å². The van der Waals surface area contributed by atoms with Gasteiger partial charge in [-0.15, -0.1) is 0 Å². The summed E-state index contributed by atoms with van der Waals surface area (Å²) >= 11 is 0. The quantitative estimate of drug-likeness (QED) is 0.867. The molecule has 6 heteroatoms. The summed E-state index contributed by atoms with van der Waals surface area (Å²) in [5.74, 6) is -2.28. The molecule has 0 spiro atoms. The molecule has 2 amide bonds. The summed E-state index contributed by atoms with van der Waals surface area (Å²) in [6.45, 7) is 0.515. The van der Waals surface area contributed by atoms with Crippen molar-refractivity contribution in [2.24, 2.45) is 5.73 Å². The molecule has 1 aromatic rings. The van der Waals surface area contributed by atoms with Gasteiger partial charge in [-0.2, -0.15) is 0 Å². The molecular formula is C16H18F2N2O2. The van der Waals surface area contributed by atoms with E-state index in [2.05, 4.69) is 0 Å². The number of nitrogens with zero attached hydrogens (tertiary/aromatic N) is 1. The maximum absolute atomic E-state index is 13.5. The van der Waals surface area contributed by atoms with Crippen LogP contribution >= 0.6 is 0 Å². The lowest BCUT2D eigenvalue weighted by atomic mass is 9.99. The number of benzene rings is 1. The Morgan fingerprint density at radius 2 is 1.95 bits per heavy atom. The minimum Gasteiger partial charge on any atom is -0.370 e. The third kappa shape index (κ3) is 3.90. The Labute approximate surface area is 127 Å². The van der Waals surface area contributed by atoms with E-state index in [1.807, 2.05) is 0 Å². The highest BCUT2D eigenvalue weighted by Crippen LogP contribution is 2.21. The average Bonchev–Trinajstić information content (AvgIpc) is 2.46.